The number of carbonyl (C=O) groups excluding carboxylic acids is 7. The molecule has 0 aromatic carbocycles. The number of hydrogen-bond donors (Lipinski definition) is 12. The highest BCUT2D eigenvalue weighted by molar-refractivity contribution is 7.47. The predicted molar refractivity (Wildman–Crippen MR) is 291 cm³/mol. The van der Waals surface area contributed by atoms with Crippen LogP contribution in [0.3, 0.4) is 0 Å². The van der Waals surface area contributed by atoms with E-state index >= 15 is 0 Å². The van der Waals surface area contributed by atoms with Crippen molar-refractivity contribution in [2.75, 3.05) is 13.2 Å². The van der Waals surface area contributed by atoms with E-state index in [1.165, 1.54) is 6.92 Å². The van der Waals surface area contributed by atoms with Crippen molar-refractivity contribution in [3.8, 4) is 0 Å². The standard InChI is InChI=1S/C53H82N11O15P/c1-24(78-80(75,76)79-44-32(23-65)77-48(74)43(44)73)22-60-40(72)16-17-50(6)30(18-37(57)69)47-53(9)52(8,21-39(59)71)29(12-15-36(56)68)42(64-53)26(3)46-51(7,20-38(58)70)27(10-13-34(54)66)31(61-46)19-33-49(4,5)28(11-14-35(55)67)41(62-33)25(2)45(50)63-47/h19,24,27-30,32,43-44,47-48,61,65,73-74H,10-18,20-23H2,1-9H3,(H2,54,66)(H2,55,67)(H2,56,68)(H2,57,69)(H2,58,70)(H2,59,71)(H,60,72)(H,75,76)/b31-19?,41-25?,46-26-. The Morgan fingerprint density at radius 3 is 1.93 bits per heavy atom. The quantitative estimate of drug-likeness (QED) is 0.0548. The normalized spacial score (nSPS) is 35.4. The van der Waals surface area contributed by atoms with Crippen molar-refractivity contribution in [2.45, 2.75) is 175 Å². The zero-order valence-corrected chi connectivity index (χ0v) is 48.0. The smallest absolute Gasteiger partial charge is 0.394 e. The number of hydrogen-bond acceptors (Lipinski definition) is 18. The molecule has 0 aliphatic carbocycles. The molecule has 2 fully saturated rings. The highest BCUT2D eigenvalue weighted by atomic mass is 31.2. The summed E-state index contributed by atoms with van der Waals surface area (Å²) < 4.78 is 28.4. The second-order valence-electron chi connectivity index (χ2n) is 24.0. The average Bonchev–Trinajstić information content (AvgIpc) is 4.20. The largest absolute Gasteiger partial charge is 0.472 e. The van der Waals surface area contributed by atoms with Crippen LogP contribution in [0.4, 0.5) is 0 Å². The lowest BCUT2D eigenvalue weighted by atomic mass is 9.55. The Labute approximate surface area is 465 Å². The van der Waals surface area contributed by atoms with Crippen LogP contribution in [-0.4, -0.2) is 134 Å². The van der Waals surface area contributed by atoms with E-state index in [0.717, 1.165) is 0 Å². The minimum absolute atomic E-state index is 0.0156. The molecule has 80 heavy (non-hydrogen) atoms. The van der Waals surface area contributed by atoms with Crippen molar-refractivity contribution in [1.82, 2.24) is 10.6 Å². The molecule has 18 N–H and O–H groups in total. The van der Waals surface area contributed by atoms with E-state index in [9.17, 15) is 58.3 Å². The van der Waals surface area contributed by atoms with Crippen molar-refractivity contribution < 1.29 is 72.1 Å². The minimum Gasteiger partial charge on any atom is -0.394 e. The molecule has 2 saturated heterocycles. The summed E-state index contributed by atoms with van der Waals surface area (Å²) in [6.45, 7) is 15.2. The molecule has 15 atom stereocenters. The first-order chi connectivity index (χ1) is 37.0. The number of rotatable bonds is 25. The first-order valence-corrected chi connectivity index (χ1v) is 28.4. The van der Waals surface area contributed by atoms with E-state index in [-0.39, 0.29) is 77.2 Å². The van der Waals surface area contributed by atoms with Crippen molar-refractivity contribution >= 4 is 66.3 Å². The lowest BCUT2D eigenvalue weighted by Gasteiger charge is -2.48. The van der Waals surface area contributed by atoms with E-state index in [1.54, 1.807) is 6.92 Å². The molecule has 7 amide bonds. The van der Waals surface area contributed by atoms with E-state index in [1.807, 2.05) is 54.5 Å². The van der Waals surface area contributed by atoms with Crippen LogP contribution < -0.4 is 45.0 Å². The van der Waals surface area contributed by atoms with Gasteiger partial charge in [-0.25, -0.2) is 4.57 Å². The molecule has 0 saturated carbocycles. The van der Waals surface area contributed by atoms with Gasteiger partial charge in [0.05, 0.1) is 24.3 Å². The third-order valence-electron chi connectivity index (χ3n) is 18.1. The second kappa shape index (κ2) is 23.6. The lowest BCUT2D eigenvalue weighted by Crippen LogP contribution is -2.56. The third-order valence-corrected chi connectivity index (χ3v) is 19.3. The van der Waals surface area contributed by atoms with Crippen LogP contribution in [0, 0.1) is 45.3 Å². The summed E-state index contributed by atoms with van der Waals surface area (Å²) in [7, 11) is -5.01. The van der Waals surface area contributed by atoms with Gasteiger partial charge in [-0.05, 0) is 70.6 Å². The zero-order valence-electron chi connectivity index (χ0n) is 47.1. The maximum Gasteiger partial charge on any atom is 0.472 e. The van der Waals surface area contributed by atoms with Gasteiger partial charge in [0.1, 0.15) is 18.3 Å². The Morgan fingerprint density at radius 2 is 1.38 bits per heavy atom. The number of amides is 7. The van der Waals surface area contributed by atoms with E-state index < -0.39 is 143 Å². The van der Waals surface area contributed by atoms with Gasteiger partial charge in [0, 0.05) is 131 Å². The SMILES string of the molecule is CC1=C2N=C(C=C3N/C(=C(/C)C4=NC(C)(C5N=C1C(C)(CCC(=O)NCC(C)OP(=O)(O)OC1C(CO)OC(O)C1O)C5CC(N)=O)C(C)(CC(N)=O)C4CCC(N)=O)C(C)(CC(N)=O)C3CCC(N)=O)C(C)(C)C2CCC(N)=O. The molecule has 15 unspecified atom stereocenters. The van der Waals surface area contributed by atoms with Gasteiger partial charge in [-0.1, -0.05) is 34.6 Å². The van der Waals surface area contributed by atoms with Gasteiger partial charge in [-0.15, -0.1) is 0 Å². The topological polar surface area (TPSA) is 462 Å². The molecule has 0 radical (unpaired) electrons. The number of nitrogens with two attached hydrogens (primary N) is 6. The van der Waals surface area contributed by atoms with Gasteiger partial charge in [-0.2, -0.15) is 0 Å². The van der Waals surface area contributed by atoms with E-state index in [2.05, 4.69) is 10.6 Å². The van der Waals surface area contributed by atoms with Crippen LogP contribution in [-0.2, 0) is 51.9 Å². The number of aliphatic hydroxyl groups is 3. The molecule has 27 heteroatoms. The molecule has 6 heterocycles. The molecular formula is C53H82N11O15P. The van der Waals surface area contributed by atoms with Crippen LogP contribution in [0.2, 0.25) is 0 Å². The number of aliphatic hydroxyl groups excluding tert-OH is 3. The number of nitrogens with zero attached hydrogens (tertiary/aromatic N) is 3. The van der Waals surface area contributed by atoms with Gasteiger partial charge >= 0.3 is 7.82 Å². The summed E-state index contributed by atoms with van der Waals surface area (Å²) >= 11 is 0. The van der Waals surface area contributed by atoms with E-state index in [0.29, 0.717) is 45.4 Å². The summed E-state index contributed by atoms with van der Waals surface area (Å²) in [5, 5.41) is 36.1. The fraction of sp³-hybridized carbons (Fsp3) is 0.698. The van der Waals surface area contributed by atoms with Gasteiger partial charge in [0.2, 0.25) is 41.4 Å². The Hall–Kier alpha value is -5.73. The molecule has 0 aromatic heterocycles. The Morgan fingerprint density at radius 1 is 0.800 bits per heavy atom. The fourth-order valence-electron chi connectivity index (χ4n) is 13.7. The number of carbonyl (C=O) groups is 7. The van der Waals surface area contributed by atoms with Gasteiger partial charge in [0.25, 0.3) is 0 Å². The third kappa shape index (κ3) is 12.4. The summed E-state index contributed by atoms with van der Waals surface area (Å²) in [5.74, 6) is -7.21. The minimum atomic E-state index is -5.01. The Kier molecular flexibility index (Phi) is 18.7. The van der Waals surface area contributed by atoms with Gasteiger partial charge in [-0.3, -0.25) is 57.6 Å². The van der Waals surface area contributed by atoms with Crippen LogP contribution >= 0.6 is 7.82 Å². The summed E-state index contributed by atoms with van der Waals surface area (Å²) in [4.78, 5) is 120. The van der Waals surface area contributed by atoms with Crippen LogP contribution in [0.5, 0.6) is 0 Å². The molecule has 26 nitrogen and oxygen atoms in total. The number of aliphatic imine (C=N–C) groups is 3. The molecule has 8 bridgehead atoms. The summed E-state index contributed by atoms with van der Waals surface area (Å²) in [5.41, 5.74) is 33.9. The van der Waals surface area contributed by atoms with Crippen molar-refractivity contribution in [3.05, 3.63) is 34.3 Å². The number of fused-ring (bicyclic) bond motifs is 6. The predicted octanol–water partition coefficient (Wildman–Crippen LogP) is 0.316. The fourth-order valence-corrected chi connectivity index (χ4v) is 14.9. The lowest BCUT2D eigenvalue weighted by molar-refractivity contribution is -0.133. The average molecular weight is 1140 g/mol. The summed E-state index contributed by atoms with van der Waals surface area (Å²) in [6, 6.07) is -1.04. The zero-order chi connectivity index (χ0) is 60.0. The van der Waals surface area contributed by atoms with Crippen molar-refractivity contribution in [1.29, 1.82) is 0 Å². The number of phosphoric ester groups is 1. The summed E-state index contributed by atoms with van der Waals surface area (Å²) in [6.07, 6.45) is -6.79. The van der Waals surface area contributed by atoms with Crippen molar-refractivity contribution in [3.63, 3.8) is 0 Å². The van der Waals surface area contributed by atoms with Crippen molar-refractivity contribution in [2.24, 2.45) is 94.7 Å². The van der Waals surface area contributed by atoms with Crippen LogP contribution in [0.15, 0.2) is 49.3 Å². The first-order valence-electron chi connectivity index (χ1n) is 26.9. The van der Waals surface area contributed by atoms with Crippen LogP contribution in [0.1, 0.15) is 133 Å². The molecular weight excluding hydrogens is 1060 g/mol. The first kappa shape index (κ1) is 63.5. The Bertz CT molecular complexity index is 2800. The highest BCUT2D eigenvalue weighted by Crippen LogP contribution is 2.62. The monoisotopic (exact) mass is 1140 g/mol. The van der Waals surface area contributed by atoms with Crippen LogP contribution in [0.25, 0.3) is 0 Å². The molecule has 6 rings (SSSR count). The van der Waals surface area contributed by atoms with E-state index in [4.69, 9.17) is 63.2 Å². The molecule has 444 valence electrons. The number of allylic oxidation sites excluding steroid dienone is 6. The maximum absolute atomic E-state index is 14.1. The molecule has 0 spiro atoms. The van der Waals surface area contributed by atoms with Gasteiger partial charge < -0.3 is 70.0 Å². The van der Waals surface area contributed by atoms with Gasteiger partial charge in [0.15, 0.2) is 6.29 Å². The molecule has 0 aromatic rings. The Balaban J connectivity index is 1.57. The second-order valence-corrected chi connectivity index (χ2v) is 25.4. The number of ether oxygens (including phenoxy) is 1. The molecule has 6 aliphatic rings. The maximum atomic E-state index is 14.1. The number of primary amides is 6. The number of nitrogens with one attached hydrogen (secondary N) is 2. The number of phosphoric acid groups is 1. The molecule has 6 aliphatic heterocycles. The highest BCUT2D eigenvalue weighted by Gasteiger charge is 2.66.